The zero-order chi connectivity index (χ0) is 17.2. The third-order valence-corrected chi connectivity index (χ3v) is 5.32. The summed E-state index contributed by atoms with van der Waals surface area (Å²) < 4.78 is 15.2. The third-order valence-electron chi connectivity index (χ3n) is 3.80. The SMILES string of the molecule is CC(C)(C)S(=O)NCc1cc2ccccc2nc1-c1ccccc1. The quantitative estimate of drug-likeness (QED) is 0.763. The van der Waals surface area contributed by atoms with Crippen LogP contribution >= 0.6 is 0 Å². The minimum Gasteiger partial charge on any atom is -0.247 e. The van der Waals surface area contributed by atoms with Gasteiger partial charge in [0.15, 0.2) is 0 Å². The second kappa shape index (κ2) is 6.83. The Kier molecular flexibility index (Phi) is 4.78. The van der Waals surface area contributed by atoms with Gasteiger partial charge >= 0.3 is 0 Å². The van der Waals surface area contributed by atoms with E-state index in [-0.39, 0.29) is 4.75 Å². The summed E-state index contributed by atoms with van der Waals surface area (Å²) in [5.41, 5.74) is 4.03. The number of pyridine rings is 1. The Morgan fingerprint density at radius 2 is 1.67 bits per heavy atom. The van der Waals surface area contributed by atoms with Gasteiger partial charge in [0.05, 0.1) is 26.9 Å². The Labute approximate surface area is 145 Å². The average Bonchev–Trinajstić information content (AvgIpc) is 2.58. The van der Waals surface area contributed by atoms with Crippen LogP contribution in [0, 0.1) is 0 Å². The van der Waals surface area contributed by atoms with Gasteiger partial charge in [0.1, 0.15) is 0 Å². The molecule has 1 N–H and O–H groups in total. The van der Waals surface area contributed by atoms with Crippen molar-refractivity contribution in [1.82, 2.24) is 9.71 Å². The van der Waals surface area contributed by atoms with Crippen molar-refractivity contribution >= 4 is 21.9 Å². The smallest absolute Gasteiger partial charge is 0.0973 e. The fraction of sp³-hybridized carbons (Fsp3) is 0.250. The number of aromatic nitrogens is 1. The second-order valence-electron chi connectivity index (χ2n) is 6.76. The van der Waals surface area contributed by atoms with Crippen molar-refractivity contribution in [3.05, 3.63) is 66.2 Å². The maximum Gasteiger partial charge on any atom is 0.0973 e. The van der Waals surface area contributed by atoms with Crippen molar-refractivity contribution in [2.75, 3.05) is 0 Å². The fourth-order valence-electron chi connectivity index (χ4n) is 2.50. The van der Waals surface area contributed by atoms with Crippen LogP contribution in [-0.2, 0) is 17.5 Å². The number of para-hydroxylation sites is 1. The van der Waals surface area contributed by atoms with Crippen LogP contribution in [0.25, 0.3) is 22.2 Å². The number of hydrogen-bond donors (Lipinski definition) is 1. The molecule has 0 fully saturated rings. The molecule has 0 spiro atoms. The summed E-state index contributed by atoms with van der Waals surface area (Å²) >= 11 is 0. The molecular weight excluding hydrogens is 316 g/mol. The Morgan fingerprint density at radius 1 is 1.00 bits per heavy atom. The molecule has 0 aliphatic rings. The van der Waals surface area contributed by atoms with Crippen molar-refractivity contribution in [3.8, 4) is 11.3 Å². The molecule has 0 radical (unpaired) electrons. The van der Waals surface area contributed by atoms with Gasteiger partial charge in [-0.3, -0.25) is 0 Å². The molecule has 0 amide bonds. The van der Waals surface area contributed by atoms with Crippen LogP contribution in [-0.4, -0.2) is 13.9 Å². The van der Waals surface area contributed by atoms with Gasteiger partial charge < -0.3 is 0 Å². The first kappa shape index (κ1) is 16.8. The van der Waals surface area contributed by atoms with Crippen LogP contribution in [0.2, 0.25) is 0 Å². The van der Waals surface area contributed by atoms with Crippen molar-refractivity contribution in [2.24, 2.45) is 0 Å². The van der Waals surface area contributed by atoms with Crippen molar-refractivity contribution in [2.45, 2.75) is 32.1 Å². The average molecular weight is 338 g/mol. The molecule has 1 unspecified atom stereocenters. The molecule has 1 atom stereocenters. The number of rotatable bonds is 4. The van der Waals surface area contributed by atoms with Crippen LogP contribution in [0.4, 0.5) is 0 Å². The Bertz CT molecular complexity index is 870. The topological polar surface area (TPSA) is 42.0 Å². The first-order valence-electron chi connectivity index (χ1n) is 8.04. The zero-order valence-electron chi connectivity index (χ0n) is 14.2. The normalized spacial score (nSPS) is 13.1. The van der Waals surface area contributed by atoms with E-state index in [1.807, 2.05) is 57.2 Å². The molecule has 3 nitrogen and oxygen atoms in total. The lowest BCUT2D eigenvalue weighted by Crippen LogP contribution is -2.33. The van der Waals surface area contributed by atoms with Gasteiger partial charge in [0.25, 0.3) is 0 Å². The van der Waals surface area contributed by atoms with E-state index in [0.29, 0.717) is 6.54 Å². The molecule has 3 aromatic rings. The predicted molar refractivity (Wildman–Crippen MR) is 102 cm³/mol. The highest BCUT2D eigenvalue weighted by Gasteiger charge is 2.20. The highest BCUT2D eigenvalue weighted by molar-refractivity contribution is 7.84. The number of nitrogens with one attached hydrogen (secondary N) is 1. The molecule has 0 aliphatic carbocycles. The van der Waals surface area contributed by atoms with Crippen LogP contribution < -0.4 is 4.72 Å². The van der Waals surface area contributed by atoms with Crippen LogP contribution in [0.1, 0.15) is 26.3 Å². The molecule has 0 saturated carbocycles. The lowest BCUT2D eigenvalue weighted by Gasteiger charge is -2.19. The molecule has 2 aromatic carbocycles. The van der Waals surface area contributed by atoms with E-state index in [1.54, 1.807) is 0 Å². The third kappa shape index (κ3) is 3.71. The first-order valence-corrected chi connectivity index (χ1v) is 9.19. The lowest BCUT2D eigenvalue weighted by molar-refractivity contribution is 0.635. The molecule has 0 saturated heterocycles. The fourth-order valence-corrected chi connectivity index (χ4v) is 3.22. The molecule has 3 rings (SSSR count). The Balaban J connectivity index is 2.02. The summed E-state index contributed by atoms with van der Waals surface area (Å²) in [5.74, 6) is 0. The minimum atomic E-state index is -1.11. The van der Waals surface area contributed by atoms with Gasteiger partial charge in [-0.05, 0) is 38.5 Å². The van der Waals surface area contributed by atoms with Crippen LogP contribution in [0.3, 0.4) is 0 Å². The van der Waals surface area contributed by atoms with Crippen molar-refractivity contribution < 1.29 is 4.21 Å². The maximum absolute atomic E-state index is 12.3. The van der Waals surface area contributed by atoms with Gasteiger partial charge in [-0.25, -0.2) is 13.9 Å². The number of benzene rings is 2. The highest BCUT2D eigenvalue weighted by atomic mass is 32.2. The maximum atomic E-state index is 12.3. The number of fused-ring (bicyclic) bond motifs is 1. The van der Waals surface area contributed by atoms with E-state index in [9.17, 15) is 4.21 Å². The monoisotopic (exact) mass is 338 g/mol. The van der Waals surface area contributed by atoms with Crippen molar-refractivity contribution in [3.63, 3.8) is 0 Å². The van der Waals surface area contributed by atoms with E-state index in [0.717, 1.165) is 27.7 Å². The van der Waals surface area contributed by atoms with Crippen molar-refractivity contribution in [1.29, 1.82) is 0 Å². The lowest BCUT2D eigenvalue weighted by atomic mass is 10.0. The van der Waals surface area contributed by atoms with Crippen LogP contribution in [0.5, 0.6) is 0 Å². The summed E-state index contributed by atoms with van der Waals surface area (Å²) in [6.45, 7) is 6.42. The number of nitrogens with zero attached hydrogens (tertiary/aromatic N) is 1. The first-order chi connectivity index (χ1) is 11.4. The molecule has 0 aliphatic heterocycles. The van der Waals surface area contributed by atoms with Gasteiger partial charge in [-0.2, -0.15) is 0 Å². The predicted octanol–water partition coefficient (Wildman–Crippen LogP) is 4.45. The van der Waals surface area contributed by atoms with Crippen LogP contribution in [0.15, 0.2) is 60.7 Å². The van der Waals surface area contributed by atoms with E-state index < -0.39 is 11.0 Å². The van der Waals surface area contributed by atoms with Gasteiger partial charge in [0.2, 0.25) is 0 Å². The van der Waals surface area contributed by atoms with E-state index in [4.69, 9.17) is 4.98 Å². The highest BCUT2D eigenvalue weighted by Crippen LogP contribution is 2.26. The minimum absolute atomic E-state index is 0.294. The second-order valence-corrected chi connectivity index (χ2v) is 8.81. The Morgan fingerprint density at radius 3 is 2.38 bits per heavy atom. The largest absolute Gasteiger partial charge is 0.247 e. The molecule has 4 heteroatoms. The van der Waals surface area contributed by atoms with Gasteiger partial charge in [-0.1, -0.05) is 48.5 Å². The van der Waals surface area contributed by atoms with E-state index >= 15 is 0 Å². The molecule has 0 bridgehead atoms. The number of hydrogen-bond acceptors (Lipinski definition) is 2. The summed E-state index contributed by atoms with van der Waals surface area (Å²) in [7, 11) is -1.11. The summed E-state index contributed by atoms with van der Waals surface area (Å²) in [5, 5.41) is 1.09. The molecular formula is C20H22N2OS. The molecule has 1 heterocycles. The molecule has 124 valence electrons. The Hall–Kier alpha value is -2.04. The summed E-state index contributed by atoms with van der Waals surface area (Å²) in [4.78, 5) is 4.85. The van der Waals surface area contributed by atoms with Gasteiger partial charge in [0, 0.05) is 17.5 Å². The summed E-state index contributed by atoms with van der Waals surface area (Å²) in [6.07, 6.45) is 0. The van der Waals surface area contributed by atoms with E-state index in [2.05, 4.69) is 29.0 Å². The van der Waals surface area contributed by atoms with Gasteiger partial charge in [-0.15, -0.1) is 0 Å². The van der Waals surface area contributed by atoms with E-state index in [1.165, 1.54) is 0 Å². The molecule has 24 heavy (non-hydrogen) atoms. The molecule has 1 aromatic heterocycles. The zero-order valence-corrected chi connectivity index (χ0v) is 15.1. The standard InChI is InChI=1S/C20H22N2OS/c1-20(2,3)24(23)21-14-17-13-16-11-7-8-12-18(16)22-19(17)15-9-5-4-6-10-15/h4-13,21H,14H2,1-3H3. The summed E-state index contributed by atoms with van der Waals surface area (Å²) in [6, 6.07) is 20.4.